The van der Waals surface area contributed by atoms with E-state index in [2.05, 4.69) is 29.0 Å². The molecule has 1 aliphatic rings. The summed E-state index contributed by atoms with van der Waals surface area (Å²) in [6.45, 7) is 8.28. The van der Waals surface area contributed by atoms with Gasteiger partial charge in [0.2, 0.25) is 11.7 Å². The van der Waals surface area contributed by atoms with E-state index in [1.165, 1.54) is 4.90 Å². The number of ether oxygens (including phenoxy) is 1. The Kier molecular flexibility index (Phi) is 6.70. The molecule has 2 aromatic heterocycles. The fourth-order valence-electron chi connectivity index (χ4n) is 4.22. The van der Waals surface area contributed by atoms with Crippen molar-refractivity contribution in [3.05, 3.63) is 77.1 Å². The van der Waals surface area contributed by atoms with E-state index in [0.29, 0.717) is 35.2 Å². The first-order chi connectivity index (χ1) is 16.3. The first-order valence-corrected chi connectivity index (χ1v) is 11.4. The van der Waals surface area contributed by atoms with Crippen molar-refractivity contribution in [3.63, 3.8) is 0 Å². The van der Waals surface area contributed by atoms with E-state index in [9.17, 15) is 14.7 Å². The van der Waals surface area contributed by atoms with Crippen LogP contribution in [0.4, 0.5) is 5.82 Å². The maximum Gasteiger partial charge on any atom is 0.296 e. The van der Waals surface area contributed by atoms with Gasteiger partial charge in [0.25, 0.3) is 5.91 Å². The molecule has 8 heteroatoms. The summed E-state index contributed by atoms with van der Waals surface area (Å²) in [7, 11) is 0. The van der Waals surface area contributed by atoms with Crippen molar-refractivity contribution in [2.45, 2.75) is 45.8 Å². The molecule has 1 saturated heterocycles. The zero-order valence-electron chi connectivity index (χ0n) is 19.7. The quantitative estimate of drug-likeness (QED) is 0.536. The second-order valence-corrected chi connectivity index (χ2v) is 8.67. The van der Waals surface area contributed by atoms with E-state index >= 15 is 0 Å². The minimum absolute atomic E-state index is 0.243. The summed E-state index contributed by atoms with van der Waals surface area (Å²) in [5, 5.41) is 19.5. The van der Waals surface area contributed by atoms with Crippen LogP contribution in [0.25, 0.3) is 0 Å². The van der Waals surface area contributed by atoms with Crippen LogP contribution < -0.4 is 9.64 Å². The van der Waals surface area contributed by atoms with Crippen LogP contribution in [0.5, 0.6) is 5.88 Å². The lowest BCUT2D eigenvalue weighted by Gasteiger charge is -2.29. The molecule has 34 heavy (non-hydrogen) atoms. The van der Waals surface area contributed by atoms with Crippen LogP contribution in [-0.4, -0.2) is 38.6 Å². The molecule has 0 aliphatic carbocycles. The average molecular weight is 461 g/mol. The van der Waals surface area contributed by atoms with Crippen molar-refractivity contribution in [2.75, 3.05) is 11.5 Å². The van der Waals surface area contributed by atoms with Gasteiger partial charge in [0, 0.05) is 12.3 Å². The summed E-state index contributed by atoms with van der Waals surface area (Å²) < 4.78 is 5.43. The van der Waals surface area contributed by atoms with Crippen LogP contribution in [0.1, 0.15) is 61.2 Å². The number of hydrogen-bond donors (Lipinski definition) is 1. The van der Waals surface area contributed by atoms with E-state index in [4.69, 9.17) is 4.74 Å². The van der Waals surface area contributed by atoms with Crippen LogP contribution in [0.15, 0.2) is 54.7 Å². The molecule has 8 nitrogen and oxygen atoms in total. The third-order valence-electron chi connectivity index (χ3n) is 6.06. The van der Waals surface area contributed by atoms with Gasteiger partial charge >= 0.3 is 0 Å². The third-order valence-corrected chi connectivity index (χ3v) is 6.06. The number of aliphatic hydroxyl groups is 1. The van der Waals surface area contributed by atoms with E-state index in [-0.39, 0.29) is 5.82 Å². The number of aromatic nitrogens is 3. The number of carbonyl (C=O) groups is 2. The predicted molar refractivity (Wildman–Crippen MR) is 126 cm³/mol. The summed E-state index contributed by atoms with van der Waals surface area (Å²) in [5.74, 6) is -1.45. The maximum absolute atomic E-state index is 13.3. The number of nitrogens with zero attached hydrogens (tertiary/aromatic N) is 4. The Balaban J connectivity index is 1.78. The van der Waals surface area contributed by atoms with Gasteiger partial charge < -0.3 is 9.84 Å². The van der Waals surface area contributed by atoms with E-state index in [1.807, 2.05) is 19.1 Å². The van der Waals surface area contributed by atoms with Crippen LogP contribution in [0.2, 0.25) is 0 Å². The summed E-state index contributed by atoms with van der Waals surface area (Å²) in [5.41, 5.74) is 2.96. The standard InChI is InChI=1S/C26H28N4O4/c1-5-34-21-13-11-19(14-27-21)23-22(24(31)18-9-7-17(8-10-18)15(2)3)25(32)26(33)30(23)20-12-6-16(4)28-29-20/h6-15,22-24,31H,5H2,1-4H3. The SMILES string of the molecule is CCOc1ccc(C2C(C(O)c3ccc(C(C)C)cc3)C(=O)C(=O)N2c2ccc(C)nn2)cn1. The van der Waals surface area contributed by atoms with Crippen LogP contribution in [-0.2, 0) is 9.59 Å². The van der Waals surface area contributed by atoms with Gasteiger partial charge in [-0.15, -0.1) is 5.10 Å². The molecule has 3 atom stereocenters. The molecule has 3 heterocycles. The lowest BCUT2D eigenvalue weighted by molar-refractivity contribution is -0.137. The summed E-state index contributed by atoms with van der Waals surface area (Å²) in [4.78, 5) is 32.1. The highest BCUT2D eigenvalue weighted by molar-refractivity contribution is 6.44. The Morgan fingerprint density at radius 1 is 1.00 bits per heavy atom. The highest BCUT2D eigenvalue weighted by atomic mass is 16.5. The average Bonchev–Trinajstić information content (AvgIpc) is 3.10. The monoisotopic (exact) mass is 460 g/mol. The Morgan fingerprint density at radius 2 is 1.71 bits per heavy atom. The normalized spacial score (nSPS) is 19.1. The van der Waals surface area contributed by atoms with Crippen molar-refractivity contribution in [1.29, 1.82) is 0 Å². The molecule has 1 aromatic carbocycles. The number of ketones is 1. The van der Waals surface area contributed by atoms with Crippen molar-refractivity contribution in [3.8, 4) is 5.88 Å². The highest BCUT2D eigenvalue weighted by Crippen LogP contribution is 2.44. The topological polar surface area (TPSA) is 106 Å². The lowest BCUT2D eigenvalue weighted by Crippen LogP contribution is -2.31. The molecule has 1 fully saturated rings. The van der Waals surface area contributed by atoms with Gasteiger partial charge in [0.05, 0.1) is 30.4 Å². The highest BCUT2D eigenvalue weighted by Gasteiger charge is 2.52. The van der Waals surface area contributed by atoms with Crippen LogP contribution in [0.3, 0.4) is 0 Å². The molecule has 0 saturated carbocycles. The van der Waals surface area contributed by atoms with Crippen molar-refractivity contribution in [1.82, 2.24) is 15.2 Å². The second-order valence-electron chi connectivity index (χ2n) is 8.67. The number of aliphatic hydroxyl groups excluding tert-OH is 1. The van der Waals surface area contributed by atoms with Gasteiger partial charge in [-0.05, 0) is 48.6 Å². The Labute approximate surface area is 198 Å². The van der Waals surface area contributed by atoms with Crippen LogP contribution in [0, 0.1) is 12.8 Å². The molecule has 3 unspecified atom stereocenters. The number of carbonyl (C=O) groups excluding carboxylic acids is 2. The minimum atomic E-state index is -1.20. The number of rotatable bonds is 7. The summed E-state index contributed by atoms with van der Waals surface area (Å²) >= 11 is 0. The fourth-order valence-corrected chi connectivity index (χ4v) is 4.22. The van der Waals surface area contributed by atoms with Gasteiger partial charge in [-0.1, -0.05) is 44.2 Å². The molecule has 1 N–H and O–H groups in total. The molecule has 1 aliphatic heterocycles. The van der Waals surface area contributed by atoms with E-state index in [1.54, 1.807) is 49.5 Å². The van der Waals surface area contributed by atoms with Gasteiger partial charge in [-0.3, -0.25) is 14.5 Å². The summed E-state index contributed by atoms with van der Waals surface area (Å²) in [6, 6.07) is 13.5. The Bertz CT molecular complexity index is 1160. The Morgan fingerprint density at radius 3 is 2.26 bits per heavy atom. The number of hydrogen-bond acceptors (Lipinski definition) is 7. The number of pyridine rings is 1. The van der Waals surface area contributed by atoms with E-state index < -0.39 is 29.8 Å². The smallest absolute Gasteiger partial charge is 0.296 e. The first-order valence-electron chi connectivity index (χ1n) is 11.4. The summed E-state index contributed by atoms with van der Waals surface area (Å²) in [6.07, 6.45) is 0.371. The van der Waals surface area contributed by atoms with E-state index in [0.717, 1.165) is 5.56 Å². The van der Waals surface area contributed by atoms with Gasteiger partial charge in [-0.25, -0.2) is 4.98 Å². The Hall–Kier alpha value is -3.65. The van der Waals surface area contributed by atoms with Gasteiger partial charge in [-0.2, -0.15) is 5.10 Å². The molecule has 1 amide bonds. The number of anilines is 1. The second kappa shape index (κ2) is 9.69. The molecule has 176 valence electrons. The molecular formula is C26H28N4O4. The number of benzene rings is 1. The lowest BCUT2D eigenvalue weighted by atomic mass is 9.85. The van der Waals surface area contributed by atoms with Crippen molar-refractivity contribution >= 4 is 17.5 Å². The fraction of sp³-hybridized carbons (Fsp3) is 0.346. The van der Waals surface area contributed by atoms with Crippen molar-refractivity contribution < 1.29 is 19.4 Å². The molecule has 3 aromatic rings. The maximum atomic E-state index is 13.3. The molecule has 4 rings (SSSR count). The predicted octanol–water partition coefficient (Wildman–Crippen LogP) is 3.71. The van der Waals surface area contributed by atoms with Crippen molar-refractivity contribution in [2.24, 2.45) is 5.92 Å². The van der Waals surface area contributed by atoms with Gasteiger partial charge in [0.1, 0.15) is 0 Å². The molecular weight excluding hydrogens is 432 g/mol. The molecule has 0 radical (unpaired) electrons. The first kappa shape index (κ1) is 23.5. The third kappa shape index (κ3) is 4.41. The molecule has 0 bridgehead atoms. The van der Waals surface area contributed by atoms with Crippen LogP contribution >= 0.6 is 0 Å². The zero-order chi connectivity index (χ0) is 24.4. The number of amides is 1. The minimum Gasteiger partial charge on any atom is -0.478 e. The largest absolute Gasteiger partial charge is 0.478 e. The molecule has 0 spiro atoms. The number of aryl methyl sites for hydroxylation is 1. The number of Topliss-reactive ketones (excluding diaryl/α,β-unsaturated/α-hetero) is 1. The van der Waals surface area contributed by atoms with Gasteiger partial charge in [0.15, 0.2) is 5.82 Å². The zero-order valence-corrected chi connectivity index (χ0v) is 19.7.